The van der Waals surface area contributed by atoms with Crippen LogP contribution in [0.4, 0.5) is 5.69 Å². The van der Waals surface area contributed by atoms with E-state index in [0.717, 1.165) is 17.9 Å². The zero-order valence-corrected chi connectivity index (χ0v) is 21.3. The van der Waals surface area contributed by atoms with E-state index in [1.807, 2.05) is 6.92 Å². The van der Waals surface area contributed by atoms with Gasteiger partial charge in [-0.05, 0) is 85.0 Å². The van der Waals surface area contributed by atoms with E-state index in [1.165, 1.54) is 59.8 Å². The van der Waals surface area contributed by atoms with Crippen molar-refractivity contribution >= 4 is 11.4 Å². The van der Waals surface area contributed by atoms with Gasteiger partial charge in [0, 0.05) is 23.3 Å². The smallest absolute Gasteiger partial charge is 0.0551 e. The normalized spacial score (nSPS) is 14.7. The number of benzene rings is 3. The van der Waals surface area contributed by atoms with Crippen LogP contribution in [0.2, 0.25) is 0 Å². The van der Waals surface area contributed by atoms with Crippen LogP contribution in [0.3, 0.4) is 0 Å². The van der Waals surface area contributed by atoms with Crippen molar-refractivity contribution in [2.45, 2.75) is 45.6 Å². The predicted octanol–water partition coefficient (Wildman–Crippen LogP) is 7.80. The Hall–Kier alpha value is -3.43. The molecule has 3 heteroatoms. The average Bonchev–Trinajstić information content (AvgIpc) is 3.38. The van der Waals surface area contributed by atoms with Gasteiger partial charge < -0.3 is 10.7 Å². The van der Waals surface area contributed by atoms with Crippen LogP contribution in [-0.4, -0.2) is 23.7 Å². The molecule has 1 fully saturated rings. The molecule has 0 amide bonds. The molecule has 35 heavy (non-hydrogen) atoms. The van der Waals surface area contributed by atoms with E-state index in [4.69, 9.17) is 5.41 Å². The molecule has 1 heterocycles. The fourth-order valence-electron chi connectivity index (χ4n) is 4.77. The lowest BCUT2D eigenvalue weighted by atomic mass is 9.78. The molecule has 0 bridgehead atoms. The topological polar surface area (TPSA) is 39.1 Å². The average molecular weight is 464 g/mol. The third kappa shape index (κ3) is 6.17. The molecule has 0 aromatic heterocycles. The van der Waals surface area contributed by atoms with Gasteiger partial charge in [0.15, 0.2) is 0 Å². The Balaban J connectivity index is 1.43. The molecule has 3 aromatic rings. The fourth-order valence-corrected chi connectivity index (χ4v) is 4.77. The zero-order chi connectivity index (χ0) is 24.8. The van der Waals surface area contributed by atoms with E-state index in [1.54, 1.807) is 6.08 Å². The van der Waals surface area contributed by atoms with Crippen LogP contribution in [0.15, 0.2) is 97.2 Å². The van der Waals surface area contributed by atoms with Crippen LogP contribution >= 0.6 is 0 Å². The van der Waals surface area contributed by atoms with Gasteiger partial charge in [0.1, 0.15) is 0 Å². The van der Waals surface area contributed by atoms with Gasteiger partial charge in [0.25, 0.3) is 0 Å². The minimum absolute atomic E-state index is 0.105. The van der Waals surface area contributed by atoms with Crippen LogP contribution in [0, 0.1) is 5.41 Å². The highest BCUT2D eigenvalue weighted by Gasteiger charge is 2.23. The van der Waals surface area contributed by atoms with Crippen molar-refractivity contribution in [3.8, 4) is 11.1 Å². The van der Waals surface area contributed by atoms with Crippen LogP contribution < -0.4 is 5.32 Å². The highest BCUT2D eigenvalue weighted by atomic mass is 15.1. The van der Waals surface area contributed by atoms with E-state index < -0.39 is 0 Å². The van der Waals surface area contributed by atoms with Gasteiger partial charge >= 0.3 is 0 Å². The highest BCUT2D eigenvalue weighted by molar-refractivity contribution is 6.01. The van der Waals surface area contributed by atoms with Gasteiger partial charge in [-0.2, -0.15) is 0 Å². The summed E-state index contributed by atoms with van der Waals surface area (Å²) < 4.78 is 0. The number of hydrogen-bond acceptors (Lipinski definition) is 3. The predicted molar refractivity (Wildman–Crippen MR) is 150 cm³/mol. The monoisotopic (exact) mass is 463 g/mol. The summed E-state index contributed by atoms with van der Waals surface area (Å²) in [5.41, 5.74) is 8.70. The molecule has 0 aliphatic carbocycles. The first-order valence-electron chi connectivity index (χ1n) is 12.5. The van der Waals surface area contributed by atoms with E-state index in [0.29, 0.717) is 5.71 Å². The van der Waals surface area contributed by atoms with Crippen LogP contribution in [0.5, 0.6) is 0 Å². The Kier molecular flexibility index (Phi) is 7.67. The molecule has 0 atom stereocenters. The minimum atomic E-state index is -0.105. The summed E-state index contributed by atoms with van der Waals surface area (Å²) in [6.07, 6.45) is 5.97. The molecule has 0 unspecified atom stereocenters. The van der Waals surface area contributed by atoms with Crippen molar-refractivity contribution in [1.29, 1.82) is 5.41 Å². The molecule has 1 aliphatic heterocycles. The second kappa shape index (κ2) is 10.9. The first-order valence-corrected chi connectivity index (χ1v) is 12.5. The number of nitrogens with one attached hydrogen (secondary N) is 2. The maximum Gasteiger partial charge on any atom is 0.0551 e. The first kappa shape index (κ1) is 24.7. The van der Waals surface area contributed by atoms with Crippen molar-refractivity contribution in [1.82, 2.24) is 4.90 Å². The van der Waals surface area contributed by atoms with E-state index in [2.05, 4.69) is 103 Å². The van der Waals surface area contributed by atoms with Gasteiger partial charge in [-0.25, -0.2) is 0 Å². The molecule has 4 rings (SSSR count). The van der Waals surface area contributed by atoms with E-state index in [-0.39, 0.29) is 5.41 Å². The van der Waals surface area contributed by atoms with Gasteiger partial charge in [-0.3, -0.25) is 4.90 Å². The Labute approximate surface area is 210 Å². The number of likely N-dealkylation sites (tertiary alicyclic amines) is 1. The SMILES string of the molecule is C=CC(=N)/C=C(/C)Nc1ccc(C(C)(C)c2ccc(-c3ccc(CN4CCCC4)cc3)cc2)cc1. The molecule has 3 nitrogen and oxygen atoms in total. The van der Waals surface area contributed by atoms with Crippen molar-refractivity contribution in [2.75, 3.05) is 18.4 Å². The quantitative estimate of drug-likeness (QED) is 0.318. The largest absolute Gasteiger partial charge is 0.359 e. The van der Waals surface area contributed by atoms with Crippen molar-refractivity contribution in [3.05, 3.63) is 114 Å². The summed E-state index contributed by atoms with van der Waals surface area (Å²) in [5, 5.41) is 11.1. The Bertz CT molecular complexity index is 1180. The van der Waals surface area contributed by atoms with Crippen molar-refractivity contribution in [2.24, 2.45) is 0 Å². The number of allylic oxidation sites excluding steroid dienone is 3. The standard InChI is InChI=1S/C32H37N3/c1-5-30(33)22-24(2)34-31-18-16-29(17-19-31)32(3,4)28-14-12-27(13-15-28)26-10-8-25(9-11-26)23-35-20-6-7-21-35/h5,8-19,22,33-34H,1,6-7,20-21,23H2,2-4H3/b24-22-,33-30?. The Morgan fingerprint density at radius 2 is 1.40 bits per heavy atom. The summed E-state index contributed by atoms with van der Waals surface area (Å²) in [5.74, 6) is 0. The fraction of sp³-hybridized carbons (Fsp3) is 0.281. The van der Waals surface area contributed by atoms with E-state index >= 15 is 0 Å². The molecule has 0 saturated carbocycles. The van der Waals surface area contributed by atoms with Gasteiger partial charge in [0.05, 0.1) is 5.71 Å². The molecular weight excluding hydrogens is 426 g/mol. The number of nitrogens with zero attached hydrogens (tertiary/aromatic N) is 1. The maximum absolute atomic E-state index is 7.73. The third-order valence-electron chi connectivity index (χ3n) is 7.04. The third-order valence-corrected chi connectivity index (χ3v) is 7.04. The lowest BCUT2D eigenvalue weighted by molar-refractivity contribution is 0.331. The van der Waals surface area contributed by atoms with E-state index in [9.17, 15) is 0 Å². The molecule has 1 saturated heterocycles. The summed E-state index contributed by atoms with van der Waals surface area (Å²) in [6, 6.07) is 26.6. The Morgan fingerprint density at radius 3 is 1.94 bits per heavy atom. The lowest BCUT2D eigenvalue weighted by Gasteiger charge is -2.26. The molecule has 0 radical (unpaired) electrons. The molecule has 1 aliphatic rings. The zero-order valence-electron chi connectivity index (χ0n) is 21.3. The highest BCUT2D eigenvalue weighted by Crippen LogP contribution is 2.33. The van der Waals surface area contributed by atoms with Crippen LogP contribution in [-0.2, 0) is 12.0 Å². The molecule has 180 valence electrons. The molecular formula is C32H37N3. The second-order valence-electron chi connectivity index (χ2n) is 10.1. The lowest BCUT2D eigenvalue weighted by Crippen LogP contribution is -2.18. The summed E-state index contributed by atoms with van der Waals surface area (Å²) in [7, 11) is 0. The molecule has 0 spiro atoms. The molecule has 3 aromatic carbocycles. The second-order valence-corrected chi connectivity index (χ2v) is 10.1. The van der Waals surface area contributed by atoms with Crippen LogP contribution in [0.1, 0.15) is 50.3 Å². The summed E-state index contributed by atoms with van der Waals surface area (Å²) in [4.78, 5) is 2.54. The summed E-state index contributed by atoms with van der Waals surface area (Å²) in [6.45, 7) is 13.7. The number of rotatable bonds is 9. The maximum atomic E-state index is 7.73. The summed E-state index contributed by atoms with van der Waals surface area (Å²) >= 11 is 0. The molecule has 2 N–H and O–H groups in total. The van der Waals surface area contributed by atoms with Gasteiger partial charge in [-0.1, -0.05) is 81.1 Å². The van der Waals surface area contributed by atoms with Gasteiger partial charge in [-0.15, -0.1) is 0 Å². The number of hydrogen-bond donors (Lipinski definition) is 2. The minimum Gasteiger partial charge on any atom is -0.359 e. The first-order chi connectivity index (χ1) is 16.8. The van der Waals surface area contributed by atoms with Crippen molar-refractivity contribution in [3.63, 3.8) is 0 Å². The number of anilines is 1. The van der Waals surface area contributed by atoms with Gasteiger partial charge in [0.2, 0.25) is 0 Å². The van der Waals surface area contributed by atoms with Crippen LogP contribution in [0.25, 0.3) is 11.1 Å². The van der Waals surface area contributed by atoms with Crippen molar-refractivity contribution < 1.29 is 0 Å². The Morgan fingerprint density at radius 1 is 0.886 bits per heavy atom.